The number of thiophene rings is 1. The fraction of sp³-hybridized carbons (Fsp3) is 0.517. The van der Waals surface area contributed by atoms with Crippen LogP contribution in [0.1, 0.15) is 89.4 Å². The molecule has 0 aliphatic carbocycles. The molecule has 3 aromatic heterocycles. The molecule has 2 atom stereocenters. The number of nitrogens with zero attached hydrogens (tertiary/aromatic N) is 2. The van der Waals surface area contributed by atoms with E-state index in [1.54, 1.807) is 11.3 Å². The Morgan fingerprint density at radius 2 is 1.94 bits per heavy atom. The van der Waals surface area contributed by atoms with Crippen LogP contribution in [0.4, 0.5) is 0 Å². The first kappa shape index (κ1) is 27.0. The number of rotatable bonds is 10. The van der Waals surface area contributed by atoms with E-state index in [4.69, 9.17) is 0 Å². The Bertz CT molecular complexity index is 1010. The molecule has 3 heterocycles. The summed E-state index contributed by atoms with van der Waals surface area (Å²) in [5, 5.41) is 3.26. The molecule has 33 heavy (non-hydrogen) atoms. The van der Waals surface area contributed by atoms with Crippen LogP contribution in [0.25, 0.3) is 17.0 Å². The second-order valence-electron chi connectivity index (χ2n) is 9.21. The lowest BCUT2D eigenvalue weighted by atomic mass is 9.94. The summed E-state index contributed by atoms with van der Waals surface area (Å²) >= 11 is 1.65. The Morgan fingerprint density at radius 1 is 1.18 bits per heavy atom. The highest BCUT2D eigenvalue weighted by molar-refractivity contribution is 7.10. The standard InChI is InChI=1S/C20H30N2.C9H12OS/c1-6-9-11-18-16(5)21-14-17-12-13-22(20(17)18)19(8-3)15(4)10-7-2;1-7(2)9(10)6-8-4-3-5-11-8/h9,11-15,19H,6-8,10H2,1-5H3;3-5,7H,6H2,1-2H3/b11-9-;. The molecule has 180 valence electrons. The number of carbonyl (C=O) groups excluding carboxylic acids is 1. The van der Waals surface area contributed by atoms with Gasteiger partial charge in [-0.3, -0.25) is 9.78 Å². The van der Waals surface area contributed by atoms with E-state index in [0.29, 0.717) is 24.2 Å². The molecule has 0 aromatic carbocycles. The minimum absolute atomic E-state index is 0.164. The Kier molecular flexibility index (Phi) is 11.1. The molecule has 3 rings (SSSR count). The molecule has 3 nitrogen and oxygen atoms in total. The van der Waals surface area contributed by atoms with Gasteiger partial charge >= 0.3 is 0 Å². The van der Waals surface area contributed by atoms with Crippen molar-refractivity contribution >= 4 is 34.1 Å². The third-order valence-corrected chi connectivity index (χ3v) is 7.13. The van der Waals surface area contributed by atoms with E-state index in [9.17, 15) is 4.79 Å². The molecule has 0 aliphatic heterocycles. The van der Waals surface area contributed by atoms with Gasteiger partial charge in [0, 0.05) is 52.3 Å². The van der Waals surface area contributed by atoms with Crippen LogP contribution in [0.3, 0.4) is 0 Å². The van der Waals surface area contributed by atoms with Crippen LogP contribution in [-0.2, 0) is 11.2 Å². The maximum Gasteiger partial charge on any atom is 0.140 e. The van der Waals surface area contributed by atoms with Gasteiger partial charge in [-0.15, -0.1) is 11.3 Å². The van der Waals surface area contributed by atoms with Crippen molar-refractivity contribution in [1.29, 1.82) is 0 Å². The Morgan fingerprint density at radius 3 is 2.52 bits per heavy atom. The van der Waals surface area contributed by atoms with Gasteiger partial charge in [0.2, 0.25) is 0 Å². The monoisotopic (exact) mass is 466 g/mol. The predicted octanol–water partition coefficient (Wildman–Crippen LogP) is 8.67. The third-order valence-electron chi connectivity index (χ3n) is 6.26. The summed E-state index contributed by atoms with van der Waals surface area (Å²) < 4.78 is 2.50. The quantitative estimate of drug-likeness (QED) is 0.299. The lowest BCUT2D eigenvalue weighted by Gasteiger charge is -2.26. The average molecular weight is 467 g/mol. The predicted molar refractivity (Wildman–Crippen MR) is 145 cm³/mol. The van der Waals surface area contributed by atoms with Crippen molar-refractivity contribution < 1.29 is 4.79 Å². The van der Waals surface area contributed by atoms with Gasteiger partial charge in [0.25, 0.3) is 0 Å². The SMILES string of the molecule is CC(C)C(=O)Cc1cccs1.CC/C=C\c1c(C)ncc2ccn(C(CC)C(C)CCC)c12. The molecule has 0 bridgehead atoms. The highest BCUT2D eigenvalue weighted by atomic mass is 32.1. The molecule has 0 saturated heterocycles. The van der Waals surface area contributed by atoms with Gasteiger partial charge in [-0.25, -0.2) is 0 Å². The zero-order chi connectivity index (χ0) is 24.4. The molecular formula is C29H42N2OS. The zero-order valence-electron chi connectivity index (χ0n) is 21.6. The van der Waals surface area contributed by atoms with Crippen molar-refractivity contribution in [2.75, 3.05) is 0 Å². The number of aromatic nitrogens is 2. The van der Waals surface area contributed by atoms with Crippen LogP contribution in [0.5, 0.6) is 0 Å². The first-order chi connectivity index (χ1) is 15.8. The lowest BCUT2D eigenvalue weighted by Crippen LogP contribution is -2.16. The summed E-state index contributed by atoms with van der Waals surface area (Å²) in [6.45, 7) is 15.1. The maximum atomic E-state index is 11.2. The number of carbonyl (C=O) groups is 1. The Hall–Kier alpha value is -2.20. The smallest absolute Gasteiger partial charge is 0.140 e. The molecule has 3 aromatic rings. The number of Topliss-reactive ketones (excluding diaryl/α,β-unsaturated/α-hetero) is 1. The van der Waals surface area contributed by atoms with Gasteiger partial charge in [-0.1, -0.05) is 66.2 Å². The van der Waals surface area contributed by atoms with E-state index >= 15 is 0 Å². The number of ketones is 1. The van der Waals surface area contributed by atoms with Crippen molar-refractivity contribution in [1.82, 2.24) is 9.55 Å². The van der Waals surface area contributed by atoms with Crippen molar-refractivity contribution in [2.24, 2.45) is 11.8 Å². The molecule has 4 heteroatoms. The molecule has 0 spiro atoms. The first-order valence-corrected chi connectivity index (χ1v) is 13.4. The number of allylic oxidation sites excluding steroid dienone is 1. The molecular weight excluding hydrogens is 424 g/mol. The molecule has 0 saturated carbocycles. The van der Waals surface area contributed by atoms with Gasteiger partial charge < -0.3 is 4.57 Å². The fourth-order valence-corrected chi connectivity index (χ4v) is 5.01. The van der Waals surface area contributed by atoms with E-state index in [0.717, 1.165) is 12.1 Å². The van der Waals surface area contributed by atoms with E-state index < -0.39 is 0 Å². The largest absolute Gasteiger partial charge is 0.344 e. The van der Waals surface area contributed by atoms with E-state index in [1.165, 1.54) is 40.6 Å². The van der Waals surface area contributed by atoms with Crippen LogP contribution in [0.15, 0.2) is 42.0 Å². The Labute approximate surface area is 204 Å². The van der Waals surface area contributed by atoms with Gasteiger partial charge in [0.05, 0.1) is 5.52 Å². The second-order valence-corrected chi connectivity index (χ2v) is 10.2. The fourth-order valence-electron chi connectivity index (χ4n) is 4.29. The van der Waals surface area contributed by atoms with Crippen LogP contribution < -0.4 is 0 Å². The highest BCUT2D eigenvalue weighted by Gasteiger charge is 2.20. The van der Waals surface area contributed by atoms with Crippen LogP contribution >= 0.6 is 11.3 Å². The minimum Gasteiger partial charge on any atom is -0.344 e. The lowest BCUT2D eigenvalue weighted by molar-refractivity contribution is -0.121. The van der Waals surface area contributed by atoms with Gasteiger partial charge in [-0.2, -0.15) is 0 Å². The summed E-state index contributed by atoms with van der Waals surface area (Å²) in [5.74, 6) is 1.19. The first-order valence-electron chi connectivity index (χ1n) is 12.5. The zero-order valence-corrected chi connectivity index (χ0v) is 22.4. The van der Waals surface area contributed by atoms with Gasteiger partial charge in [0.15, 0.2) is 0 Å². The minimum atomic E-state index is 0.164. The molecule has 0 amide bonds. The van der Waals surface area contributed by atoms with Crippen molar-refractivity contribution in [3.8, 4) is 0 Å². The van der Waals surface area contributed by atoms with E-state index in [1.807, 2.05) is 37.6 Å². The topological polar surface area (TPSA) is 34.9 Å². The number of fused-ring (bicyclic) bond motifs is 1. The number of pyridine rings is 1. The highest BCUT2D eigenvalue weighted by Crippen LogP contribution is 2.32. The molecule has 0 N–H and O–H groups in total. The normalized spacial score (nSPS) is 13.3. The average Bonchev–Trinajstić information content (AvgIpc) is 3.45. The van der Waals surface area contributed by atoms with E-state index in [2.05, 4.69) is 68.6 Å². The summed E-state index contributed by atoms with van der Waals surface area (Å²) in [4.78, 5) is 17.0. The Balaban J connectivity index is 0.000000294. The van der Waals surface area contributed by atoms with Crippen molar-refractivity contribution in [3.63, 3.8) is 0 Å². The molecule has 0 radical (unpaired) electrons. The summed E-state index contributed by atoms with van der Waals surface area (Å²) in [6, 6.07) is 6.76. The molecule has 0 aliphatic rings. The van der Waals surface area contributed by atoms with E-state index in [-0.39, 0.29) is 5.92 Å². The second kappa shape index (κ2) is 13.5. The maximum absolute atomic E-state index is 11.2. The number of aryl methyl sites for hydroxylation is 1. The third kappa shape index (κ3) is 7.40. The molecule has 0 fully saturated rings. The summed E-state index contributed by atoms with van der Waals surface area (Å²) in [7, 11) is 0. The van der Waals surface area contributed by atoms with Crippen molar-refractivity contribution in [3.05, 3.63) is 58.2 Å². The summed E-state index contributed by atoms with van der Waals surface area (Å²) in [5.41, 5.74) is 3.76. The molecule has 2 unspecified atom stereocenters. The number of hydrogen-bond acceptors (Lipinski definition) is 3. The van der Waals surface area contributed by atoms with Gasteiger partial charge in [0.1, 0.15) is 5.78 Å². The number of hydrogen-bond donors (Lipinski definition) is 0. The van der Waals surface area contributed by atoms with Crippen LogP contribution in [0, 0.1) is 18.8 Å². The van der Waals surface area contributed by atoms with Crippen LogP contribution in [-0.4, -0.2) is 15.3 Å². The van der Waals surface area contributed by atoms with Gasteiger partial charge in [-0.05, 0) is 49.6 Å². The van der Waals surface area contributed by atoms with Crippen LogP contribution in [0.2, 0.25) is 0 Å². The van der Waals surface area contributed by atoms with Crippen molar-refractivity contribution in [2.45, 2.75) is 86.6 Å². The summed E-state index contributed by atoms with van der Waals surface area (Å²) in [6.07, 6.45) is 14.1.